The third-order valence-electron chi connectivity index (χ3n) is 2.55. The maximum absolute atomic E-state index is 11.9. The summed E-state index contributed by atoms with van der Waals surface area (Å²) in [5.74, 6) is 0.141. The summed E-state index contributed by atoms with van der Waals surface area (Å²) in [6.07, 6.45) is 0. The summed E-state index contributed by atoms with van der Waals surface area (Å²) >= 11 is 0. The van der Waals surface area contributed by atoms with E-state index in [0.717, 1.165) is 5.56 Å². The Labute approximate surface area is 104 Å². The van der Waals surface area contributed by atoms with Crippen LogP contribution in [0, 0.1) is 0 Å². The Hall–Kier alpha value is -2.28. The molecule has 94 valence electrons. The largest absolute Gasteiger partial charge is 0.345 e. The van der Waals surface area contributed by atoms with Crippen LogP contribution < -0.4 is 11.1 Å². The van der Waals surface area contributed by atoms with E-state index in [4.69, 9.17) is 5.73 Å². The van der Waals surface area contributed by atoms with Crippen molar-refractivity contribution in [1.82, 2.24) is 25.9 Å². The standard InChI is InChI=1S/C11H14N6O/c1-7(10-14-16-17-15-10)13-11(18)9(12)8-5-3-2-4-6-8/h2-7,9H,12H2,1H3,(H,13,18)(H,14,15,16,17). The van der Waals surface area contributed by atoms with Gasteiger partial charge in [-0.05, 0) is 12.5 Å². The molecule has 7 heteroatoms. The van der Waals surface area contributed by atoms with E-state index >= 15 is 0 Å². The molecule has 0 radical (unpaired) electrons. The number of H-pyrrole nitrogens is 1. The number of hydrogen-bond donors (Lipinski definition) is 3. The molecule has 2 aromatic rings. The molecule has 0 aliphatic carbocycles. The molecule has 2 atom stereocenters. The van der Waals surface area contributed by atoms with Gasteiger partial charge in [0, 0.05) is 0 Å². The van der Waals surface area contributed by atoms with E-state index in [1.54, 1.807) is 6.92 Å². The minimum atomic E-state index is -0.708. The summed E-state index contributed by atoms with van der Waals surface area (Å²) in [5, 5.41) is 16.1. The Morgan fingerprint density at radius 2 is 2.11 bits per heavy atom. The molecule has 2 unspecified atom stereocenters. The van der Waals surface area contributed by atoms with Crippen molar-refractivity contribution < 1.29 is 4.79 Å². The molecule has 0 aliphatic rings. The van der Waals surface area contributed by atoms with Gasteiger partial charge in [-0.1, -0.05) is 35.5 Å². The SMILES string of the molecule is CC(NC(=O)C(N)c1ccccc1)c1nn[nH]n1. The second-order valence-electron chi connectivity index (χ2n) is 3.89. The quantitative estimate of drug-likeness (QED) is 0.707. The van der Waals surface area contributed by atoms with E-state index in [-0.39, 0.29) is 11.9 Å². The van der Waals surface area contributed by atoms with Gasteiger partial charge in [0.15, 0.2) is 5.82 Å². The Bertz CT molecular complexity index is 498. The van der Waals surface area contributed by atoms with Gasteiger partial charge >= 0.3 is 0 Å². The molecule has 1 amide bonds. The first-order valence-electron chi connectivity index (χ1n) is 5.52. The summed E-state index contributed by atoms with van der Waals surface area (Å²) in [6, 6.07) is 8.12. The third-order valence-corrected chi connectivity index (χ3v) is 2.55. The van der Waals surface area contributed by atoms with Crippen molar-refractivity contribution in [3.8, 4) is 0 Å². The van der Waals surface area contributed by atoms with Crippen LogP contribution in [0.4, 0.5) is 0 Å². The first kappa shape index (κ1) is 12.2. The summed E-state index contributed by atoms with van der Waals surface area (Å²) in [7, 11) is 0. The first-order valence-corrected chi connectivity index (χ1v) is 5.52. The first-order chi connectivity index (χ1) is 8.68. The second kappa shape index (κ2) is 5.37. The summed E-state index contributed by atoms with van der Waals surface area (Å²) in [4.78, 5) is 11.9. The number of benzene rings is 1. The third kappa shape index (κ3) is 2.69. The van der Waals surface area contributed by atoms with Crippen LogP contribution in [0.3, 0.4) is 0 Å². The van der Waals surface area contributed by atoms with E-state index in [9.17, 15) is 4.79 Å². The van der Waals surface area contributed by atoms with Gasteiger partial charge in [-0.2, -0.15) is 5.21 Å². The molecule has 1 aromatic carbocycles. The van der Waals surface area contributed by atoms with Crippen LogP contribution in [0.15, 0.2) is 30.3 Å². The highest BCUT2D eigenvalue weighted by atomic mass is 16.2. The van der Waals surface area contributed by atoms with Crippen molar-refractivity contribution in [1.29, 1.82) is 0 Å². The van der Waals surface area contributed by atoms with Crippen LogP contribution in [-0.2, 0) is 4.79 Å². The molecule has 0 fully saturated rings. The Morgan fingerprint density at radius 1 is 1.39 bits per heavy atom. The van der Waals surface area contributed by atoms with Crippen LogP contribution >= 0.6 is 0 Å². The Balaban J connectivity index is 2.00. The average molecular weight is 246 g/mol. The van der Waals surface area contributed by atoms with Crippen molar-refractivity contribution in [3.05, 3.63) is 41.7 Å². The molecule has 0 bridgehead atoms. The van der Waals surface area contributed by atoms with Gasteiger partial charge < -0.3 is 11.1 Å². The lowest BCUT2D eigenvalue weighted by Crippen LogP contribution is -2.36. The maximum atomic E-state index is 11.9. The van der Waals surface area contributed by atoms with Gasteiger partial charge in [0.25, 0.3) is 0 Å². The summed E-state index contributed by atoms with van der Waals surface area (Å²) in [6.45, 7) is 1.76. The van der Waals surface area contributed by atoms with E-state index in [2.05, 4.69) is 25.9 Å². The molecule has 0 saturated carbocycles. The monoisotopic (exact) mass is 246 g/mol. The number of tetrazole rings is 1. The number of nitrogens with one attached hydrogen (secondary N) is 2. The van der Waals surface area contributed by atoms with E-state index in [1.165, 1.54) is 0 Å². The molecule has 18 heavy (non-hydrogen) atoms. The number of hydrogen-bond acceptors (Lipinski definition) is 5. The fourth-order valence-electron chi connectivity index (χ4n) is 1.53. The van der Waals surface area contributed by atoms with E-state index < -0.39 is 6.04 Å². The average Bonchev–Trinajstić information content (AvgIpc) is 2.92. The lowest BCUT2D eigenvalue weighted by atomic mass is 10.1. The molecular formula is C11H14N6O. The van der Waals surface area contributed by atoms with Gasteiger partial charge in [0.1, 0.15) is 6.04 Å². The number of rotatable bonds is 4. The number of aromatic amines is 1. The van der Waals surface area contributed by atoms with Crippen molar-refractivity contribution in [3.63, 3.8) is 0 Å². The minimum Gasteiger partial charge on any atom is -0.345 e. The molecule has 1 aromatic heterocycles. The zero-order chi connectivity index (χ0) is 13.0. The highest BCUT2D eigenvalue weighted by Crippen LogP contribution is 2.11. The number of nitrogens with zero attached hydrogens (tertiary/aromatic N) is 3. The van der Waals surface area contributed by atoms with Gasteiger partial charge in [-0.15, -0.1) is 10.2 Å². The van der Waals surface area contributed by atoms with Gasteiger partial charge in [-0.3, -0.25) is 4.79 Å². The van der Waals surface area contributed by atoms with Crippen molar-refractivity contribution >= 4 is 5.91 Å². The number of carbonyl (C=O) groups excluding carboxylic acids is 1. The maximum Gasteiger partial charge on any atom is 0.242 e. The van der Waals surface area contributed by atoms with Crippen LogP contribution in [0.1, 0.15) is 30.4 Å². The molecule has 7 nitrogen and oxygen atoms in total. The van der Waals surface area contributed by atoms with Gasteiger partial charge in [-0.25, -0.2) is 0 Å². The van der Waals surface area contributed by atoms with Crippen molar-refractivity contribution in [2.45, 2.75) is 19.0 Å². The van der Waals surface area contributed by atoms with E-state index in [1.807, 2.05) is 30.3 Å². The van der Waals surface area contributed by atoms with E-state index in [0.29, 0.717) is 5.82 Å². The van der Waals surface area contributed by atoms with Crippen LogP contribution in [0.2, 0.25) is 0 Å². The lowest BCUT2D eigenvalue weighted by molar-refractivity contribution is -0.123. The van der Waals surface area contributed by atoms with Crippen LogP contribution in [0.25, 0.3) is 0 Å². The van der Waals surface area contributed by atoms with Crippen molar-refractivity contribution in [2.75, 3.05) is 0 Å². The highest BCUT2D eigenvalue weighted by molar-refractivity contribution is 5.83. The zero-order valence-corrected chi connectivity index (χ0v) is 9.87. The molecule has 2 rings (SSSR count). The number of carbonyl (C=O) groups is 1. The summed E-state index contributed by atoms with van der Waals surface area (Å²) in [5.41, 5.74) is 6.62. The molecular weight excluding hydrogens is 232 g/mol. The number of amides is 1. The smallest absolute Gasteiger partial charge is 0.242 e. The fraction of sp³-hybridized carbons (Fsp3) is 0.273. The Morgan fingerprint density at radius 3 is 2.72 bits per heavy atom. The zero-order valence-electron chi connectivity index (χ0n) is 9.87. The van der Waals surface area contributed by atoms with Crippen LogP contribution in [0.5, 0.6) is 0 Å². The molecule has 0 aliphatic heterocycles. The lowest BCUT2D eigenvalue weighted by Gasteiger charge is -2.15. The number of nitrogens with two attached hydrogens (primary N) is 1. The topological polar surface area (TPSA) is 110 Å². The Kier molecular flexibility index (Phi) is 3.63. The van der Waals surface area contributed by atoms with Gasteiger partial charge in [0.05, 0.1) is 6.04 Å². The minimum absolute atomic E-state index is 0.279. The number of aromatic nitrogens is 4. The second-order valence-corrected chi connectivity index (χ2v) is 3.89. The normalized spacial score (nSPS) is 13.9. The van der Waals surface area contributed by atoms with Crippen LogP contribution in [-0.4, -0.2) is 26.5 Å². The molecule has 4 N–H and O–H groups in total. The molecule has 1 heterocycles. The van der Waals surface area contributed by atoms with Gasteiger partial charge in [0.2, 0.25) is 5.91 Å². The molecule has 0 saturated heterocycles. The molecule has 0 spiro atoms. The predicted octanol–water partition coefficient (Wildman–Crippen LogP) is 0.0769. The van der Waals surface area contributed by atoms with Crippen molar-refractivity contribution in [2.24, 2.45) is 5.73 Å². The fourth-order valence-corrected chi connectivity index (χ4v) is 1.53. The predicted molar refractivity (Wildman–Crippen MR) is 64.1 cm³/mol. The summed E-state index contributed by atoms with van der Waals surface area (Å²) < 4.78 is 0. The highest BCUT2D eigenvalue weighted by Gasteiger charge is 2.19.